The van der Waals surface area contributed by atoms with Gasteiger partial charge in [0.1, 0.15) is 0 Å². The number of hydrogen-bond donors (Lipinski definition) is 1. The summed E-state index contributed by atoms with van der Waals surface area (Å²) in [5.41, 5.74) is 10.0. The Kier molecular flexibility index (Phi) is 3.85. The van der Waals surface area contributed by atoms with Crippen molar-refractivity contribution in [2.24, 2.45) is 5.73 Å². The Bertz CT molecular complexity index is 795. The molecule has 21 heavy (non-hydrogen) atoms. The molecule has 2 aromatic carbocycles. The Labute approximate surface area is 133 Å². The predicted octanol–water partition coefficient (Wildman–Crippen LogP) is 4.90. The van der Waals surface area contributed by atoms with E-state index in [1.165, 1.54) is 0 Å². The van der Waals surface area contributed by atoms with Crippen LogP contribution in [-0.4, -0.2) is 4.98 Å². The van der Waals surface area contributed by atoms with Crippen LogP contribution in [0.15, 0.2) is 48.5 Å². The van der Waals surface area contributed by atoms with Gasteiger partial charge in [-0.05, 0) is 42.8 Å². The van der Waals surface area contributed by atoms with Crippen LogP contribution in [0.3, 0.4) is 0 Å². The fourth-order valence-corrected chi connectivity index (χ4v) is 3.05. The lowest BCUT2D eigenvalue weighted by atomic mass is 9.98. The molecular weight excluding hydrogens is 303 g/mol. The maximum atomic E-state index is 6.35. The van der Waals surface area contributed by atoms with Gasteiger partial charge in [0.25, 0.3) is 0 Å². The van der Waals surface area contributed by atoms with Crippen LogP contribution in [0.2, 0.25) is 10.0 Å². The van der Waals surface area contributed by atoms with E-state index in [0.29, 0.717) is 10.0 Å². The van der Waals surface area contributed by atoms with Crippen LogP contribution in [0.5, 0.6) is 0 Å². The molecule has 2 nitrogen and oxygen atoms in total. The molecule has 0 aliphatic carbocycles. The summed E-state index contributed by atoms with van der Waals surface area (Å²) in [6.07, 6.45) is 0. The first kappa shape index (κ1) is 14.3. The summed E-state index contributed by atoms with van der Waals surface area (Å²) < 4.78 is 0. The standard InChI is InChI=1S/C17H14Cl2N2/c1-10-5-6-11-9-12(7-8-15(11)21-10)17(20)16-13(18)3-2-4-14(16)19/h2-9,17H,20H2,1H3. The van der Waals surface area contributed by atoms with Gasteiger partial charge in [-0.3, -0.25) is 4.98 Å². The Morgan fingerprint density at radius 1 is 1.00 bits per heavy atom. The first-order valence-corrected chi connectivity index (χ1v) is 7.38. The van der Waals surface area contributed by atoms with Crippen molar-refractivity contribution < 1.29 is 0 Å². The molecule has 0 amide bonds. The zero-order valence-electron chi connectivity index (χ0n) is 11.5. The summed E-state index contributed by atoms with van der Waals surface area (Å²) in [6, 6.07) is 15.1. The zero-order valence-corrected chi connectivity index (χ0v) is 13.0. The van der Waals surface area contributed by atoms with Gasteiger partial charge in [-0.2, -0.15) is 0 Å². The largest absolute Gasteiger partial charge is 0.320 e. The second-order valence-corrected chi connectivity index (χ2v) is 5.83. The number of halogens is 2. The van der Waals surface area contributed by atoms with Gasteiger partial charge in [-0.15, -0.1) is 0 Å². The summed E-state index contributed by atoms with van der Waals surface area (Å²) in [5.74, 6) is 0. The first-order valence-electron chi connectivity index (χ1n) is 6.63. The molecule has 106 valence electrons. The highest BCUT2D eigenvalue weighted by Crippen LogP contribution is 2.33. The maximum absolute atomic E-state index is 6.35. The summed E-state index contributed by atoms with van der Waals surface area (Å²) in [6.45, 7) is 1.97. The molecule has 0 aliphatic rings. The van der Waals surface area contributed by atoms with E-state index < -0.39 is 0 Å². The highest BCUT2D eigenvalue weighted by molar-refractivity contribution is 6.36. The molecule has 3 aromatic rings. The fourth-order valence-electron chi connectivity index (χ4n) is 2.41. The normalized spacial score (nSPS) is 12.6. The molecule has 3 rings (SSSR count). The minimum atomic E-state index is -0.364. The molecule has 2 N–H and O–H groups in total. The number of hydrogen-bond acceptors (Lipinski definition) is 2. The number of aryl methyl sites for hydroxylation is 1. The van der Waals surface area contributed by atoms with Gasteiger partial charge in [-0.1, -0.05) is 41.4 Å². The van der Waals surface area contributed by atoms with Crippen molar-refractivity contribution in [3.63, 3.8) is 0 Å². The third-order valence-electron chi connectivity index (χ3n) is 3.52. The number of nitrogens with zero attached hydrogens (tertiary/aromatic N) is 1. The molecule has 0 spiro atoms. The van der Waals surface area contributed by atoms with Crippen LogP contribution in [-0.2, 0) is 0 Å². The Morgan fingerprint density at radius 2 is 1.71 bits per heavy atom. The average molecular weight is 317 g/mol. The van der Waals surface area contributed by atoms with Crippen LogP contribution in [0.25, 0.3) is 10.9 Å². The van der Waals surface area contributed by atoms with Crippen LogP contribution in [0, 0.1) is 6.92 Å². The van der Waals surface area contributed by atoms with Crippen LogP contribution in [0.4, 0.5) is 0 Å². The van der Waals surface area contributed by atoms with Crippen molar-refractivity contribution in [2.45, 2.75) is 13.0 Å². The SMILES string of the molecule is Cc1ccc2cc(C(N)c3c(Cl)cccc3Cl)ccc2n1. The molecule has 0 saturated heterocycles. The number of rotatable bonds is 2. The Hall–Kier alpha value is -1.61. The minimum Gasteiger partial charge on any atom is -0.320 e. The molecule has 1 unspecified atom stereocenters. The summed E-state index contributed by atoms with van der Waals surface area (Å²) >= 11 is 12.5. The van der Waals surface area contributed by atoms with Gasteiger partial charge < -0.3 is 5.73 Å². The van der Waals surface area contributed by atoms with Gasteiger partial charge >= 0.3 is 0 Å². The van der Waals surface area contributed by atoms with Gasteiger partial charge in [0.2, 0.25) is 0 Å². The monoisotopic (exact) mass is 316 g/mol. The fraction of sp³-hybridized carbons (Fsp3) is 0.118. The van der Waals surface area contributed by atoms with E-state index >= 15 is 0 Å². The lowest BCUT2D eigenvalue weighted by Crippen LogP contribution is -2.13. The molecule has 0 radical (unpaired) electrons. The smallest absolute Gasteiger partial charge is 0.0705 e. The van der Waals surface area contributed by atoms with Gasteiger partial charge in [0.05, 0.1) is 11.6 Å². The second kappa shape index (κ2) is 5.64. The number of pyridine rings is 1. The molecule has 0 aliphatic heterocycles. The number of benzene rings is 2. The molecule has 1 atom stereocenters. The Balaban J connectivity index is 2.09. The minimum absolute atomic E-state index is 0.364. The molecule has 0 saturated carbocycles. The van der Waals surface area contributed by atoms with Gasteiger partial charge in [0.15, 0.2) is 0 Å². The molecule has 0 bridgehead atoms. The maximum Gasteiger partial charge on any atom is 0.0705 e. The van der Waals surface area contributed by atoms with E-state index in [9.17, 15) is 0 Å². The lowest BCUT2D eigenvalue weighted by Gasteiger charge is -2.16. The van der Waals surface area contributed by atoms with Gasteiger partial charge in [-0.25, -0.2) is 0 Å². The second-order valence-electron chi connectivity index (χ2n) is 5.02. The van der Waals surface area contributed by atoms with Crippen molar-refractivity contribution in [1.29, 1.82) is 0 Å². The summed E-state index contributed by atoms with van der Waals surface area (Å²) in [5, 5.41) is 2.21. The highest BCUT2D eigenvalue weighted by Gasteiger charge is 2.16. The molecule has 4 heteroatoms. The van der Waals surface area contributed by atoms with Crippen molar-refractivity contribution in [3.8, 4) is 0 Å². The van der Waals surface area contributed by atoms with Gasteiger partial charge in [0, 0.05) is 26.7 Å². The van der Waals surface area contributed by atoms with Crippen molar-refractivity contribution in [3.05, 3.63) is 75.4 Å². The molecule has 1 heterocycles. The van der Waals surface area contributed by atoms with Crippen molar-refractivity contribution in [2.75, 3.05) is 0 Å². The van der Waals surface area contributed by atoms with E-state index in [4.69, 9.17) is 28.9 Å². The highest BCUT2D eigenvalue weighted by atomic mass is 35.5. The number of nitrogens with two attached hydrogens (primary N) is 1. The predicted molar refractivity (Wildman–Crippen MR) is 89.0 cm³/mol. The van der Waals surface area contributed by atoms with Crippen molar-refractivity contribution in [1.82, 2.24) is 4.98 Å². The van der Waals surface area contributed by atoms with E-state index in [1.54, 1.807) is 12.1 Å². The topological polar surface area (TPSA) is 38.9 Å². The molecular formula is C17H14Cl2N2. The van der Waals surface area contributed by atoms with Crippen LogP contribution in [0.1, 0.15) is 22.9 Å². The van der Waals surface area contributed by atoms with E-state index in [1.807, 2.05) is 43.3 Å². The van der Waals surface area contributed by atoms with Crippen LogP contribution >= 0.6 is 23.2 Å². The first-order chi connectivity index (χ1) is 10.1. The van der Waals surface area contributed by atoms with E-state index in [-0.39, 0.29) is 6.04 Å². The summed E-state index contributed by atoms with van der Waals surface area (Å²) in [7, 11) is 0. The Morgan fingerprint density at radius 3 is 2.43 bits per heavy atom. The molecule has 0 fully saturated rings. The number of aromatic nitrogens is 1. The average Bonchev–Trinajstić information content (AvgIpc) is 2.46. The van der Waals surface area contributed by atoms with Crippen LogP contribution < -0.4 is 5.73 Å². The third-order valence-corrected chi connectivity index (χ3v) is 4.18. The lowest BCUT2D eigenvalue weighted by molar-refractivity contribution is 0.874. The van der Waals surface area contributed by atoms with E-state index in [2.05, 4.69) is 4.98 Å². The quantitative estimate of drug-likeness (QED) is 0.730. The van der Waals surface area contributed by atoms with E-state index in [0.717, 1.165) is 27.7 Å². The number of fused-ring (bicyclic) bond motifs is 1. The zero-order chi connectivity index (χ0) is 15.0. The third kappa shape index (κ3) is 2.75. The summed E-state index contributed by atoms with van der Waals surface area (Å²) in [4.78, 5) is 4.49. The molecule has 1 aromatic heterocycles. The van der Waals surface area contributed by atoms with Crippen molar-refractivity contribution >= 4 is 34.1 Å².